The van der Waals surface area contributed by atoms with Crippen molar-refractivity contribution in [3.8, 4) is 0 Å². The maximum Gasteiger partial charge on any atom is 0.269 e. The van der Waals surface area contributed by atoms with Gasteiger partial charge in [-0.05, 0) is 47.8 Å². The Morgan fingerprint density at radius 1 is 1.14 bits per heavy atom. The second kappa shape index (κ2) is 16.1. The van der Waals surface area contributed by atoms with Crippen LogP contribution in [0.3, 0.4) is 0 Å². The van der Waals surface area contributed by atoms with Crippen LogP contribution in [0.2, 0.25) is 0 Å². The van der Waals surface area contributed by atoms with Gasteiger partial charge in [0, 0.05) is 61.1 Å². The molecule has 0 aliphatic rings. The van der Waals surface area contributed by atoms with E-state index in [9.17, 15) is 14.9 Å². The van der Waals surface area contributed by atoms with E-state index in [4.69, 9.17) is 18.0 Å². The number of thiophene rings is 1. The molecule has 2 unspecified atom stereocenters. The topological polar surface area (TPSA) is 119 Å². The van der Waals surface area contributed by atoms with Crippen molar-refractivity contribution in [2.24, 2.45) is 11.7 Å². The summed E-state index contributed by atoms with van der Waals surface area (Å²) in [6, 6.07) is 20.8. The smallest absolute Gasteiger partial charge is 0.269 e. The molecule has 2 aromatic carbocycles. The third-order valence-electron chi connectivity index (χ3n) is 7.52. The van der Waals surface area contributed by atoms with E-state index in [0.29, 0.717) is 13.1 Å². The number of non-ortho nitro benzene ring substituents is 1. The number of nitro benzene ring substituents is 1. The number of nitrogens with one attached hydrogen (secondary N) is 1. The van der Waals surface area contributed by atoms with Gasteiger partial charge in [0.1, 0.15) is 0 Å². The monoisotopic (exact) mass is 618 g/mol. The Morgan fingerprint density at radius 3 is 2.58 bits per heavy atom. The molecule has 4 rings (SSSR count). The van der Waals surface area contributed by atoms with Crippen LogP contribution in [0.4, 0.5) is 5.69 Å². The number of nitrogens with zero attached hydrogens (tertiary/aromatic N) is 4. The van der Waals surface area contributed by atoms with Gasteiger partial charge in [-0.15, -0.1) is 11.3 Å². The number of hydrogen-bond donors (Lipinski definition) is 2. The fraction of sp³-hybridized carbons (Fsp3) is 0.344. The standard InChI is InChI=1S/C32H38N6O3S2/c1-24(9-14-32(42)36(16-15-29-8-5-17-43-29)21-25-6-3-2-4-7-25)30(19-33)35-31(39)18-28-20-34-23-37(28)22-26-10-12-27(13-11-26)38(40)41/h2-8,10-13,17,20,23-24,30H,9,14-16,18-19,21-22,33H2,1H3,(H,35,39). The first kappa shape index (κ1) is 32.0. The van der Waals surface area contributed by atoms with E-state index in [1.165, 1.54) is 22.6 Å². The van der Waals surface area contributed by atoms with Crippen molar-refractivity contribution >= 4 is 40.1 Å². The van der Waals surface area contributed by atoms with E-state index in [1.54, 1.807) is 36.0 Å². The lowest BCUT2D eigenvalue weighted by Crippen LogP contribution is -2.45. The van der Waals surface area contributed by atoms with Crippen LogP contribution in [0.1, 0.15) is 41.5 Å². The minimum atomic E-state index is -0.424. The molecule has 2 atom stereocenters. The van der Waals surface area contributed by atoms with Gasteiger partial charge in [0.05, 0.1) is 22.7 Å². The number of thiocarbonyl (C=S) groups is 1. The zero-order valence-corrected chi connectivity index (χ0v) is 25.9. The first-order chi connectivity index (χ1) is 20.8. The van der Waals surface area contributed by atoms with Gasteiger partial charge >= 0.3 is 0 Å². The average Bonchev–Trinajstić information content (AvgIpc) is 3.69. The molecule has 3 N–H and O–H groups in total. The average molecular weight is 619 g/mol. The SMILES string of the molecule is CC(CCC(=S)N(CCc1cccs1)Cc1ccccc1)C(CN)NC(=O)Cc1cncn1Cc1ccc([N+](=O)[O-])cc1. The van der Waals surface area contributed by atoms with Gasteiger partial charge in [-0.3, -0.25) is 14.9 Å². The van der Waals surface area contributed by atoms with E-state index in [-0.39, 0.29) is 30.0 Å². The highest BCUT2D eigenvalue weighted by Gasteiger charge is 2.21. The van der Waals surface area contributed by atoms with Crippen LogP contribution < -0.4 is 11.1 Å². The predicted molar refractivity (Wildman–Crippen MR) is 175 cm³/mol. The van der Waals surface area contributed by atoms with E-state index < -0.39 is 4.92 Å². The van der Waals surface area contributed by atoms with Gasteiger partial charge in [0.2, 0.25) is 5.91 Å². The number of rotatable bonds is 16. The summed E-state index contributed by atoms with van der Waals surface area (Å²) in [4.78, 5) is 32.3. The van der Waals surface area contributed by atoms with Gasteiger partial charge in [-0.1, -0.05) is 67.7 Å². The Balaban J connectivity index is 1.29. The number of carbonyl (C=O) groups excluding carboxylic acids is 1. The quantitative estimate of drug-likeness (QED) is 0.0984. The summed E-state index contributed by atoms with van der Waals surface area (Å²) in [7, 11) is 0. The Morgan fingerprint density at radius 2 is 1.91 bits per heavy atom. The lowest BCUT2D eigenvalue weighted by Gasteiger charge is -2.28. The third-order valence-corrected chi connectivity index (χ3v) is 8.92. The van der Waals surface area contributed by atoms with Gasteiger partial charge in [-0.2, -0.15) is 0 Å². The van der Waals surface area contributed by atoms with Crippen molar-refractivity contribution in [2.75, 3.05) is 13.1 Å². The van der Waals surface area contributed by atoms with Crippen LogP contribution in [0.5, 0.6) is 0 Å². The molecule has 0 saturated carbocycles. The number of amides is 1. The minimum Gasteiger partial charge on any atom is -0.361 e. The molecule has 2 heterocycles. The second-order valence-corrected chi connectivity index (χ2v) is 12.2. The number of carbonyl (C=O) groups is 1. The zero-order valence-electron chi connectivity index (χ0n) is 24.3. The lowest BCUT2D eigenvalue weighted by molar-refractivity contribution is -0.384. The van der Waals surface area contributed by atoms with Crippen molar-refractivity contribution < 1.29 is 9.72 Å². The van der Waals surface area contributed by atoms with Gasteiger partial charge in [0.15, 0.2) is 0 Å². The highest BCUT2D eigenvalue weighted by molar-refractivity contribution is 7.80. The van der Waals surface area contributed by atoms with Gasteiger partial charge in [-0.25, -0.2) is 4.98 Å². The van der Waals surface area contributed by atoms with Crippen molar-refractivity contribution in [2.45, 2.75) is 51.7 Å². The highest BCUT2D eigenvalue weighted by Crippen LogP contribution is 2.18. The first-order valence-corrected chi connectivity index (χ1v) is 15.7. The van der Waals surface area contributed by atoms with Crippen LogP contribution in [0.25, 0.3) is 0 Å². The van der Waals surface area contributed by atoms with Crippen LogP contribution in [-0.2, 0) is 30.7 Å². The summed E-state index contributed by atoms with van der Waals surface area (Å²) < 4.78 is 1.87. The van der Waals surface area contributed by atoms with E-state index >= 15 is 0 Å². The van der Waals surface area contributed by atoms with Crippen molar-refractivity contribution in [1.82, 2.24) is 19.8 Å². The Hall–Kier alpha value is -3.93. The summed E-state index contributed by atoms with van der Waals surface area (Å²) in [6.07, 6.45) is 5.98. The minimum absolute atomic E-state index is 0.0407. The number of aromatic nitrogens is 2. The number of nitrogens with two attached hydrogens (primary N) is 1. The molecule has 4 aromatic rings. The molecule has 0 spiro atoms. The molecule has 11 heteroatoms. The molecule has 9 nitrogen and oxygen atoms in total. The Labute approximate surface area is 261 Å². The van der Waals surface area contributed by atoms with Crippen LogP contribution in [0.15, 0.2) is 84.6 Å². The van der Waals surface area contributed by atoms with Gasteiger partial charge in [0.25, 0.3) is 5.69 Å². The molecular weight excluding hydrogens is 581 g/mol. The molecule has 0 radical (unpaired) electrons. The van der Waals surface area contributed by atoms with Crippen LogP contribution >= 0.6 is 23.6 Å². The Bertz CT molecular complexity index is 1460. The van der Waals surface area contributed by atoms with Crippen LogP contribution in [-0.4, -0.2) is 49.4 Å². The molecule has 0 saturated heterocycles. The molecule has 0 aliphatic carbocycles. The molecule has 226 valence electrons. The van der Waals surface area contributed by atoms with E-state index in [0.717, 1.165) is 48.6 Å². The summed E-state index contributed by atoms with van der Waals surface area (Å²) >= 11 is 7.70. The molecule has 2 aromatic heterocycles. The lowest BCUT2D eigenvalue weighted by atomic mass is 9.96. The molecular formula is C32H38N6O3S2. The molecule has 0 aliphatic heterocycles. The van der Waals surface area contributed by atoms with E-state index in [1.807, 2.05) is 10.6 Å². The third kappa shape index (κ3) is 9.81. The highest BCUT2D eigenvalue weighted by atomic mass is 32.1. The fourth-order valence-electron chi connectivity index (χ4n) is 4.92. The zero-order chi connectivity index (χ0) is 30.6. The first-order valence-electron chi connectivity index (χ1n) is 14.4. The molecule has 43 heavy (non-hydrogen) atoms. The molecule has 1 amide bonds. The van der Waals surface area contributed by atoms with Crippen molar-refractivity contribution in [3.63, 3.8) is 0 Å². The number of imidazole rings is 1. The van der Waals surface area contributed by atoms with Gasteiger partial charge < -0.3 is 20.5 Å². The maximum absolute atomic E-state index is 13.0. The van der Waals surface area contributed by atoms with Crippen molar-refractivity contribution in [3.05, 3.63) is 116 Å². The number of nitro groups is 1. The van der Waals surface area contributed by atoms with Crippen LogP contribution in [0, 0.1) is 16.0 Å². The second-order valence-electron chi connectivity index (χ2n) is 10.7. The number of hydrogen-bond acceptors (Lipinski definition) is 7. The fourth-order valence-corrected chi connectivity index (χ4v) is 5.89. The maximum atomic E-state index is 13.0. The predicted octanol–water partition coefficient (Wildman–Crippen LogP) is 5.38. The van der Waals surface area contributed by atoms with E-state index in [2.05, 4.69) is 63.9 Å². The Kier molecular flexibility index (Phi) is 12.0. The largest absolute Gasteiger partial charge is 0.361 e. The number of benzene rings is 2. The molecule has 0 fully saturated rings. The summed E-state index contributed by atoms with van der Waals surface area (Å²) in [5.74, 6) is 0.00442. The summed E-state index contributed by atoms with van der Waals surface area (Å²) in [6.45, 7) is 4.51. The summed E-state index contributed by atoms with van der Waals surface area (Å²) in [5, 5.41) is 16.2. The summed E-state index contributed by atoms with van der Waals surface area (Å²) in [5.41, 5.74) is 9.01. The molecule has 0 bridgehead atoms. The normalized spacial score (nSPS) is 12.4. The van der Waals surface area contributed by atoms with Crippen molar-refractivity contribution in [1.29, 1.82) is 0 Å².